The molecule has 2 aromatic rings. The number of carbonyl (C=O) groups is 1. The third-order valence-corrected chi connectivity index (χ3v) is 3.29. The van der Waals surface area contributed by atoms with Crippen molar-refractivity contribution in [1.82, 2.24) is 0 Å². The first-order chi connectivity index (χ1) is 9.11. The lowest BCUT2D eigenvalue weighted by Gasteiger charge is -2.07. The van der Waals surface area contributed by atoms with Crippen LogP contribution in [0.1, 0.15) is 36.7 Å². The molecule has 0 amide bonds. The van der Waals surface area contributed by atoms with Gasteiger partial charge < -0.3 is 10.2 Å². The number of rotatable bonds is 6. The van der Waals surface area contributed by atoms with E-state index < -0.39 is 5.82 Å². The van der Waals surface area contributed by atoms with Gasteiger partial charge in [0.05, 0.1) is 0 Å². The van der Waals surface area contributed by atoms with Crippen molar-refractivity contribution in [3.05, 3.63) is 35.8 Å². The fraction of sp³-hybridized carbons (Fsp3) is 0.400. The Bertz CT molecular complexity index is 577. The third-order valence-electron chi connectivity index (χ3n) is 3.29. The normalized spacial score (nSPS) is 12.8. The van der Waals surface area contributed by atoms with Crippen molar-refractivity contribution in [2.45, 2.75) is 26.2 Å². The molecule has 0 aliphatic rings. The molecule has 0 aliphatic heterocycles. The summed E-state index contributed by atoms with van der Waals surface area (Å²) in [5, 5.41) is 0.623. The van der Waals surface area contributed by atoms with Crippen LogP contribution in [0.5, 0.6) is 0 Å². The molecule has 4 heteroatoms. The lowest BCUT2D eigenvalue weighted by molar-refractivity contribution is 0.0949. The summed E-state index contributed by atoms with van der Waals surface area (Å²) >= 11 is 0. The molecule has 19 heavy (non-hydrogen) atoms. The summed E-state index contributed by atoms with van der Waals surface area (Å²) < 4.78 is 18.8. The summed E-state index contributed by atoms with van der Waals surface area (Å²) in [7, 11) is 0. The highest BCUT2D eigenvalue weighted by atomic mass is 19.1. The minimum absolute atomic E-state index is 0.0838. The summed E-state index contributed by atoms with van der Waals surface area (Å²) in [5.74, 6) is 0.127. The summed E-state index contributed by atoms with van der Waals surface area (Å²) in [5.41, 5.74) is 5.62. The predicted molar refractivity (Wildman–Crippen MR) is 72.6 cm³/mol. The quantitative estimate of drug-likeness (QED) is 0.811. The lowest BCUT2D eigenvalue weighted by atomic mass is 9.99. The molecular weight excluding hydrogens is 245 g/mol. The minimum Gasteiger partial charge on any atom is -0.450 e. The topological polar surface area (TPSA) is 56.2 Å². The number of carbonyl (C=O) groups excluding carboxylic acids is 1. The number of ketones is 1. The molecule has 0 spiro atoms. The Hall–Kier alpha value is -1.68. The second kappa shape index (κ2) is 5.97. The molecule has 0 radical (unpaired) electrons. The zero-order valence-corrected chi connectivity index (χ0v) is 11.0. The number of hydrogen-bond acceptors (Lipinski definition) is 3. The smallest absolute Gasteiger partial charge is 0.198 e. The van der Waals surface area contributed by atoms with Crippen LogP contribution in [-0.4, -0.2) is 12.3 Å². The van der Waals surface area contributed by atoms with Crippen molar-refractivity contribution in [3.63, 3.8) is 0 Å². The van der Waals surface area contributed by atoms with Crippen molar-refractivity contribution >= 4 is 16.8 Å². The van der Waals surface area contributed by atoms with E-state index in [1.807, 2.05) is 0 Å². The van der Waals surface area contributed by atoms with Gasteiger partial charge in [0.1, 0.15) is 0 Å². The van der Waals surface area contributed by atoms with Gasteiger partial charge in [0.2, 0.25) is 0 Å². The fourth-order valence-electron chi connectivity index (χ4n) is 2.09. The van der Waals surface area contributed by atoms with Gasteiger partial charge >= 0.3 is 0 Å². The maximum Gasteiger partial charge on any atom is 0.198 e. The van der Waals surface area contributed by atoms with Crippen LogP contribution in [0.2, 0.25) is 0 Å². The third kappa shape index (κ3) is 3.20. The summed E-state index contributed by atoms with van der Waals surface area (Å²) in [6.45, 7) is 2.70. The van der Waals surface area contributed by atoms with Gasteiger partial charge in [0, 0.05) is 11.8 Å². The van der Waals surface area contributed by atoms with E-state index in [2.05, 4.69) is 6.92 Å². The SMILES string of the molecule is CC(CCN)CCC(=O)c1cc2cccc(F)c2o1. The van der Waals surface area contributed by atoms with Gasteiger partial charge in [-0.25, -0.2) is 4.39 Å². The van der Waals surface area contributed by atoms with Gasteiger partial charge in [-0.2, -0.15) is 0 Å². The lowest BCUT2D eigenvalue weighted by Crippen LogP contribution is -2.07. The minimum atomic E-state index is -0.437. The van der Waals surface area contributed by atoms with E-state index in [-0.39, 0.29) is 17.1 Å². The summed E-state index contributed by atoms with van der Waals surface area (Å²) in [4.78, 5) is 12.0. The monoisotopic (exact) mass is 263 g/mol. The van der Waals surface area contributed by atoms with Crippen LogP contribution >= 0.6 is 0 Å². The van der Waals surface area contributed by atoms with E-state index >= 15 is 0 Å². The first kappa shape index (κ1) is 13.7. The van der Waals surface area contributed by atoms with E-state index in [9.17, 15) is 9.18 Å². The number of halogens is 1. The van der Waals surface area contributed by atoms with Crippen LogP contribution < -0.4 is 5.73 Å². The van der Waals surface area contributed by atoms with Crippen molar-refractivity contribution in [2.75, 3.05) is 6.54 Å². The highest BCUT2D eigenvalue weighted by Crippen LogP contribution is 2.23. The molecule has 2 rings (SSSR count). The largest absolute Gasteiger partial charge is 0.450 e. The first-order valence-electron chi connectivity index (χ1n) is 6.53. The molecule has 0 saturated carbocycles. The Morgan fingerprint density at radius 1 is 1.42 bits per heavy atom. The van der Waals surface area contributed by atoms with Gasteiger partial charge in [0.15, 0.2) is 22.9 Å². The number of benzene rings is 1. The Balaban J connectivity index is 2.07. The average molecular weight is 263 g/mol. The van der Waals surface area contributed by atoms with Gasteiger partial charge in [-0.1, -0.05) is 19.1 Å². The van der Waals surface area contributed by atoms with Gasteiger partial charge in [-0.3, -0.25) is 4.79 Å². The standard InChI is InChI=1S/C15H18FNO2/c1-10(7-8-17)5-6-13(18)14-9-11-3-2-4-12(16)15(11)19-14/h2-4,9-10H,5-8,17H2,1H3. The van der Waals surface area contributed by atoms with Gasteiger partial charge in [-0.15, -0.1) is 0 Å². The average Bonchev–Trinajstić information content (AvgIpc) is 2.82. The van der Waals surface area contributed by atoms with E-state index in [4.69, 9.17) is 10.2 Å². The Morgan fingerprint density at radius 3 is 2.89 bits per heavy atom. The molecule has 1 unspecified atom stereocenters. The van der Waals surface area contributed by atoms with Gasteiger partial charge in [-0.05, 0) is 37.4 Å². The van der Waals surface area contributed by atoms with Gasteiger partial charge in [0.25, 0.3) is 0 Å². The molecule has 1 heterocycles. The van der Waals surface area contributed by atoms with Crippen molar-refractivity contribution < 1.29 is 13.6 Å². The maximum absolute atomic E-state index is 13.5. The highest BCUT2D eigenvalue weighted by molar-refractivity contribution is 5.97. The number of hydrogen-bond donors (Lipinski definition) is 1. The Kier molecular flexibility index (Phi) is 4.32. The number of furan rings is 1. The van der Waals surface area contributed by atoms with E-state index in [1.165, 1.54) is 6.07 Å². The molecule has 1 aromatic carbocycles. The summed E-state index contributed by atoms with van der Waals surface area (Å²) in [6.07, 6.45) is 2.08. The molecule has 102 valence electrons. The molecule has 3 nitrogen and oxygen atoms in total. The number of fused-ring (bicyclic) bond motifs is 1. The molecule has 1 aromatic heterocycles. The Labute approximate surface area is 111 Å². The van der Waals surface area contributed by atoms with E-state index in [1.54, 1.807) is 18.2 Å². The molecule has 2 N–H and O–H groups in total. The predicted octanol–water partition coefficient (Wildman–Crippen LogP) is 3.52. The van der Waals surface area contributed by atoms with Crippen LogP contribution in [-0.2, 0) is 0 Å². The number of para-hydroxylation sites is 1. The van der Waals surface area contributed by atoms with Crippen molar-refractivity contribution in [2.24, 2.45) is 11.7 Å². The highest BCUT2D eigenvalue weighted by Gasteiger charge is 2.15. The molecule has 0 bridgehead atoms. The number of Topliss-reactive ketones (excluding diaryl/α,β-unsaturated/α-hetero) is 1. The molecule has 1 atom stereocenters. The van der Waals surface area contributed by atoms with E-state index in [0.717, 1.165) is 12.8 Å². The van der Waals surface area contributed by atoms with Crippen LogP contribution in [0.15, 0.2) is 28.7 Å². The molecule has 0 aliphatic carbocycles. The van der Waals surface area contributed by atoms with Crippen LogP contribution in [0.25, 0.3) is 11.0 Å². The molecular formula is C15H18FNO2. The number of nitrogens with two attached hydrogens (primary N) is 1. The Morgan fingerprint density at radius 2 is 2.21 bits per heavy atom. The molecule has 0 saturated heterocycles. The zero-order chi connectivity index (χ0) is 13.8. The summed E-state index contributed by atoms with van der Waals surface area (Å²) in [6, 6.07) is 6.26. The van der Waals surface area contributed by atoms with E-state index in [0.29, 0.717) is 24.3 Å². The van der Waals surface area contributed by atoms with Crippen molar-refractivity contribution in [1.29, 1.82) is 0 Å². The maximum atomic E-state index is 13.5. The zero-order valence-electron chi connectivity index (χ0n) is 11.0. The fourth-order valence-corrected chi connectivity index (χ4v) is 2.09. The van der Waals surface area contributed by atoms with Crippen LogP contribution in [0.4, 0.5) is 4.39 Å². The second-order valence-electron chi connectivity index (χ2n) is 4.91. The van der Waals surface area contributed by atoms with Crippen LogP contribution in [0, 0.1) is 11.7 Å². The second-order valence-corrected chi connectivity index (χ2v) is 4.91. The van der Waals surface area contributed by atoms with Crippen LogP contribution in [0.3, 0.4) is 0 Å². The molecule has 0 fully saturated rings. The first-order valence-corrected chi connectivity index (χ1v) is 6.53. The van der Waals surface area contributed by atoms with Crippen molar-refractivity contribution in [3.8, 4) is 0 Å².